The number of ether oxygens (including phenoxy) is 1. The summed E-state index contributed by atoms with van der Waals surface area (Å²) in [5.41, 5.74) is 2.85. The largest absolute Gasteiger partial charge is 0.467 e. The highest BCUT2D eigenvalue weighted by Crippen LogP contribution is 2.35. The van der Waals surface area contributed by atoms with Gasteiger partial charge in [0.2, 0.25) is 0 Å². The summed E-state index contributed by atoms with van der Waals surface area (Å²) < 4.78 is 74.2. The maximum absolute atomic E-state index is 14.9. The molecule has 8 nitrogen and oxygen atoms in total. The van der Waals surface area contributed by atoms with Gasteiger partial charge in [-0.1, -0.05) is 25.1 Å². The number of nitrogens with one attached hydrogen (secondary N) is 2. The third kappa shape index (κ3) is 7.30. The van der Waals surface area contributed by atoms with Gasteiger partial charge in [0.05, 0.1) is 24.0 Å². The summed E-state index contributed by atoms with van der Waals surface area (Å²) in [5.74, 6) is -4.98. The number of esters is 1. The standard InChI is InChI=1S/C32H32F5N5O3/c1-6-26(32(35,36)37)40-19-14-22(33)27(23(34)15-19)30(43)41-24(31(44)45-5)13-18-9-10-21(28-20(18)8-7-11-38-28)29-25(42(3)4)12-17(2)16-39-29/h7-12,14-16,24,26,40H,6,13H2,1-5H3,(H,41,43)/t24-,26+/m0/s1. The molecule has 0 aliphatic rings. The average Bonchev–Trinajstić information content (AvgIpc) is 2.98. The van der Waals surface area contributed by atoms with Gasteiger partial charge in [-0.3, -0.25) is 14.8 Å². The third-order valence-corrected chi connectivity index (χ3v) is 7.23. The molecule has 2 N–H and O–H groups in total. The molecule has 0 aliphatic heterocycles. The van der Waals surface area contributed by atoms with Crippen LogP contribution in [0.5, 0.6) is 0 Å². The minimum atomic E-state index is -4.66. The van der Waals surface area contributed by atoms with Crippen LogP contribution >= 0.6 is 0 Å². The second-order valence-corrected chi connectivity index (χ2v) is 10.7. The number of hydrogen-bond acceptors (Lipinski definition) is 7. The number of nitrogens with zero attached hydrogens (tertiary/aromatic N) is 3. The summed E-state index contributed by atoms with van der Waals surface area (Å²) in [4.78, 5) is 36.9. The number of anilines is 2. The molecule has 45 heavy (non-hydrogen) atoms. The van der Waals surface area contributed by atoms with Crippen LogP contribution < -0.4 is 15.5 Å². The summed E-state index contributed by atoms with van der Waals surface area (Å²) >= 11 is 0. The van der Waals surface area contributed by atoms with Crippen molar-refractivity contribution in [2.24, 2.45) is 0 Å². The summed E-state index contributed by atoms with van der Waals surface area (Å²) in [5, 5.41) is 5.00. The second-order valence-electron chi connectivity index (χ2n) is 10.7. The Hall–Kier alpha value is -4.81. The van der Waals surface area contributed by atoms with Crippen LogP contribution in [0.4, 0.5) is 33.3 Å². The predicted octanol–water partition coefficient (Wildman–Crippen LogP) is 6.22. The number of alkyl halides is 3. The Bertz CT molecular complexity index is 1700. The van der Waals surface area contributed by atoms with E-state index in [0.717, 1.165) is 23.9 Å². The van der Waals surface area contributed by atoms with E-state index in [4.69, 9.17) is 4.74 Å². The maximum Gasteiger partial charge on any atom is 0.408 e. The Labute approximate surface area is 256 Å². The first-order valence-electron chi connectivity index (χ1n) is 14.0. The van der Waals surface area contributed by atoms with Gasteiger partial charge in [-0.25, -0.2) is 13.6 Å². The van der Waals surface area contributed by atoms with E-state index in [1.54, 1.807) is 36.7 Å². The fraction of sp³-hybridized carbons (Fsp3) is 0.312. The van der Waals surface area contributed by atoms with Gasteiger partial charge in [0.1, 0.15) is 29.3 Å². The van der Waals surface area contributed by atoms with Gasteiger partial charge in [-0.15, -0.1) is 0 Å². The van der Waals surface area contributed by atoms with Gasteiger partial charge in [0, 0.05) is 49.5 Å². The molecule has 2 atom stereocenters. The lowest BCUT2D eigenvalue weighted by molar-refractivity contribution is -0.143. The van der Waals surface area contributed by atoms with Crippen LogP contribution in [0.3, 0.4) is 0 Å². The Morgan fingerprint density at radius 3 is 2.33 bits per heavy atom. The number of amides is 1. The molecule has 0 saturated carbocycles. The second kappa shape index (κ2) is 13.4. The Morgan fingerprint density at radius 1 is 1.04 bits per heavy atom. The van der Waals surface area contributed by atoms with Crippen LogP contribution in [-0.4, -0.2) is 61.3 Å². The molecule has 0 bridgehead atoms. The van der Waals surface area contributed by atoms with Crippen molar-refractivity contribution in [3.63, 3.8) is 0 Å². The number of aromatic nitrogens is 2. The molecule has 1 amide bonds. The van der Waals surface area contributed by atoms with Crippen molar-refractivity contribution in [1.82, 2.24) is 15.3 Å². The molecule has 4 aromatic rings. The van der Waals surface area contributed by atoms with Crippen molar-refractivity contribution >= 4 is 34.2 Å². The Kier molecular flexibility index (Phi) is 9.89. The van der Waals surface area contributed by atoms with Crippen molar-refractivity contribution in [3.8, 4) is 11.3 Å². The topological polar surface area (TPSA) is 96.5 Å². The highest BCUT2D eigenvalue weighted by Gasteiger charge is 2.38. The molecule has 2 aromatic carbocycles. The van der Waals surface area contributed by atoms with Gasteiger partial charge in [-0.05, 0) is 48.7 Å². The van der Waals surface area contributed by atoms with Gasteiger partial charge in [0.25, 0.3) is 5.91 Å². The maximum atomic E-state index is 14.9. The number of halogens is 5. The molecular weight excluding hydrogens is 597 g/mol. The molecule has 0 saturated heterocycles. The SMILES string of the molecule is CC[C@@H](Nc1cc(F)c(C(=O)N[C@@H](Cc2ccc(-c3ncc(C)cc3N(C)C)c3ncccc23)C(=O)OC)c(F)c1)C(F)(F)F. The molecule has 0 unspecified atom stereocenters. The van der Waals surface area contributed by atoms with Crippen LogP contribution in [0.1, 0.15) is 34.8 Å². The molecule has 238 valence electrons. The van der Waals surface area contributed by atoms with E-state index in [2.05, 4.69) is 15.3 Å². The average molecular weight is 630 g/mol. The van der Waals surface area contributed by atoms with Crippen LogP contribution in [-0.2, 0) is 16.0 Å². The number of benzene rings is 2. The lowest BCUT2D eigenvalue weighted by atomic mass is 9.96. The smallest absolute Gasteiger partial charge is 0.408 e. The van der Waals surface area contributed by atoms with Gasteiger partial charge in [0.15, 0.2) is 0 Å². The highest BCUT2D eigenvalue weighted by molar-refractivity contribution is 5.99. The number of pyridine rings is 2. The van der Waals surface area contributed by atoms with E-state index in [-0.39, 0.29) is 12.8 Å². The third-order valence-electron chi connectivity index (χ3n) is 7.23. The molecule has 0 radical (unpaired) electrons. The first kappa shape index (κ1) is 33.1. The minimum Gasteiger partial charge on any atom is -0.467 e. The van der Waals surface area contributed by atoms with E-state index < -0.39 is 53.0 Å². The number of carbonyl (C=O) groups is 2. The summed E-state index contributed by atoms with van der Waals surface area (Å²) in [6, 6.07) is 6.79. The first-order valence-corrected chi connectivity index (χ1v) is 14.0. The quantitative estimate of drug-likeness (QED) is 0.159. The van der Waals surface area contributed by atoms with E-state index in [0.29, 0.717) is 34.3 Å². The van der Waals surface area contributed by atoms with Crippen LogP contribution in [0, 0.1) is 18.6 Å². The Morgan fingerprint density at radius 2 is 1.73 bits per heavy atom. The molecule has 4 rings (SSSR count). The molecule has 0 spiro atoms. The molecular formula is C32H32F5N5O3. The number of methoxy groups -OCH3 is 1. The number of aryl methyl sites for hydroxylation is 1. The normalized spacial score (nSPS) is 12.8. The van der Waals surface area contributed by atoms with Crippen molar-refractivity contribution in [3.05, 3.63) is 83.2 Å². The minimum absolute atomic E-state index is 0.130. The molecule has 2 heterocycles. The monoisotopic (exact) mass is 629 g/mol. The number of carbonyl (C=O) groups excluding carboxylic acids is 2. The van der Waals surface area contributed by atoms with E-state index in [9.17, 15) is 31.5 Å². The predicted molar refractivity (Wildman–Crippen MR) is 161 cm³/mol. The van der Waals surface area contributed by atoms with E-state index in [1.807, 2.05) is 37.3 Å². The fourth-order valence-electron chi connectivity index (χ4n) is 4.98. The van der Waals surface area contributed by atoms with Crippen molar-refractivity contribution in [2.45, 2.75) is 44.9 Å². The molecule has 2 aromatic heterocycles. The first-order chi connectivity index (χ1) is 21.2. The lowest BCUT2D eigenvalue weighted by Gasteiger charge is -2.22. The number of fused-ring (bicyclic) bond motifs is 1. The van der Waals surface area contributed by atoms with Gasteiger partial charge >= 0.3 is 12.1 Å². The molecule has 0 aliphatic carbocycles. The summed E-state index contributed by atoms with van der Waals surface area (Å²) in [7, 11) is 4.89. The zero-order valence-electron chi connectivity index (χ0n) is 25.2. The lowest BCUT2D eigenvalue weighted by Crippen LogP contribution is -2.43. The zero-order chi connectivity index (χ0) is 33.1. The molecule has 13 heteroatoms. The van der Waals surface area contributed by atoms with E-state index in [1.165, 1.54) is 6.92 Å². The summed E-state index contributed by atoms with van der Waals surface area (Å²) in [6.07, 6.45) is -1.82. The number of rotatable bonds is 10. The van der Waals surface area contributed by atoms with Crippen molar-refractivity contribution in [2.75, 3.05) is 31.4 Å². The van der Waals surface area contributed by atoms with Crippen LogP contribution in [0.25, 0.3) is 22.2 Å². The Balaban J connectivity index is 1.66. The van der Waals surface area contributed by atoms with Crippen molar-refractivity contribution in [1.29, 1.82) is 0 Å². The van der Waals surface area contributed by atoms with Crippen LogP contribution in [0.15, 0.2) is 54.9 Å². The fourth-order valence-corrected chi connectivity index (χ4v) is 4.98. The van der Waals surface area contributed by atoms with Gasteiger partial charge in [-0.2, -0.15) is 13.2 Å². The molecule has 0 fully saturated rings. The summed E-state index contributed by atoms with van der Waals surface area (Å²) in [6.45, 7) is 3.20. The highest BCUT2D eigenvalue weighted by atomic mass is 19.4. The van der Waals surface area contributed by atoms with Crippen LogP contribution in [0.2, 0.25) is 0 Å². The van der Waals surface area contributed by atoms with Crippen molar-refractivity contribution < 1.29 is 36.3 Å². The zero-order valence-corrected chi connectivity index (χ0v) is 25.2. The van der Waals surface area contributed by atoms with E-state index >= 15 is 0 Å². The van der Waals surface area contributed by atoms with Gasteiger partial charge < -0.3 is 20.3 Å². The number of hydrogen-bond donors (Lipinski definition) is 2.